The number of ketones is 1. The van der Waals surface area contributed by atoms with Gasteiger partial charge in [-0.15, -0.1) is 0 Å². The van der Waals surface area contributed by atoms with Crippen LogP contribution < -0.4 is 0 Å². The van der Waals surface area contributed by atoms with E-state index in [1.807, 2.05) is 0 Å². The van der Waals surface area contributed by atoms with Crippen LogP contribution in [0.5, 0.6) is 0 Å². The minimum atomic E-state index is -0.507. The van der Waals surface area contributed by atoms with Gasteiger partial charge in [0, 0.05) is 6.42 Å². The van der Waals surface area contributed by atoms with Gasteiger partial charge in [-0.05, 0) is 24.5 Å². The highest BCUT2D eigenvalue weighted by molar-refractivity contribution is 6.09. The van der Waals surface area contributed by atoms with Crippen LogP contribution in [0.25, 0.3) is 0 Å². The quantitative estimate of drug-likeness (QED) is 0.320. The molecular weight excluding hydrogens is 191 g/mol. The molecule has 0 amide bonds. The van der Waals surface area contributed by atoms with Gasteiger partial charge in [0.25, 0.3) is 0 Å². The molecule has 0 saturated carbocycles. The second-order valence-corrected chi connectivity index (χ2v) is 3.21. The van der Waals surface area contributed by atoms with Crippen LogP contribution in [0.15, 0.2) is 24.3 Å². The fourth-order valence-electron chi connectivity index (χ4n) is 1.12. The molecule has 0 heterocycles. The molecule has 0 radical (unpaired) electrons. The summed E-state index contributed by atoms with van der Waals surface area (Å²) >= 11 is 0. The van der Waals surface area contributed by atoms with Crippen molar-refractivity contribution in [1.29, 1.82) is 0 Å². The van der Waals surface area contributed by atoms with Crippen LogP contribution in [0.4, 0.5) is 4.39 Å². The molecule has 0 aliphatic rings. The van der Waals surface area contributed by atoms with Gasteiger partial charge in [0.15, 0.2) is 0 Å². The van der Waals surface area contributed by atoms with E-state index < -0.39 is 11.6 Å². The Kier molecular flexibility index (Phi) is 4.56. The average Bonchev–Trinajstić information content (AvgIpc) is 2.25. The van der Waals surface area contributed by atoms with Gasteiger partial charge in [0.1, 0.15) is 5.82 Å². The molecule has 0 aliphatic carbocycles. The molecule has 1 rings (SSSR count). The molecule has 78 valence electrons. The molecule has 0 unspecified atom stereocenters. The highest BCUT2D eigenvalue weighted by atomic mass is 19.1. The van der Waals surface area contributed by atoms with Gasteiger partial charge in [-0.25, -0.2) is 4.39 Å². The Morgan fingerprint density at radius 1 is 1.40 bits per heavy atom. The molecule has 0 bridgehead atoms. The van der Waals surface area contributed by atoms with E-state index in [0.29, 0.717) is 6.42 Å². The van der Waals surface area contributed by atoms with E-state index >= 15 is 0 Å². The van der Waals surface area contributed by atoms with E-state index in [-0.39, 0.29) is 5.56 Å². The predicted octanol–water partition coefficient (Wildman–Crippen LogP) is 3.20. The van der Waals surface area contributed by atoms with Gasteiger partial charge in [-0.1, -0.05) is 31.4 Å². The normalized spacial score (nSPS) is 9.20. The standard InChI is InChI=1S/C13H13FO/c1-2-3-4-5-10-13(15)11-8-6-7-9-12(11)14/h6-9H,2-4H2,1H3. The molecular formula is C13H13FO. The van der Waals surface area contributed by atoms with Crippen LogP contribution >= 0.6 is 0 Å². The van der Waals surface area contributed by atoms with E-state index in [2.05, 4.69) is 18.8 Å². The second-order valence-electron chi connectivity index (χ2n) is 3.21. The van der Waals surface area contributed by atoms with Crippen LogP contribution in [-0.2, 0) is 0 Å². The Hall–Kier alpha value is -1.62. The molecule has 15 heavy (non-hydrogen) atoms. The maximum atomic E-state index is 13.1. The smallest absolute Gasteiger partial charge is 0.238 e. The molecule has 1 aromatic carbocycles. The summed E-state index contributed by atoms with van der Waals surface area (Å²) in [6, 6.07) is 5.90. The molecule has 1 nitrogen and oxygen atoms in total. The maximum Gasteiger partial charge on any atom is 0.238 e. The molecule has 0 atom stereocenters. The summed E-state index contributed by atoms with van der Waals surface area (Å²) in [4.78, 5) is 11.4. The van der Waals surface area contributed by atoms with Crippen molar-refractivity contribution in [3.8, 4) is 11.8 Å². The lowest BCUT2D eigenvalue weighted by Crippen LogP contribution is -1.98. The van der Waals surface area contributed by atoms with Gasteiger partial charge in [-0.2, -0.15) is 0 Å². The zero-order valence-corrected chi connectivity index (χ0v) is 8.72. The van der Waals surface area contributed by atoms with Crippen LogP contribution in [0.3, 0.4) is 0 Å². The van der Waals surface area contributed by atoms with E-state index in [9.17, 15) is 9.18 Å². The van der Waals surface area contributed by atoms with Crippen LogP contribution in [-0.4, -0.2) is 5.78 Å². The van der Waals surface area contributed by atoms with E-state index in [4.69, 9.17) is 0 Å². The summed E-state index contributed by atoms with van der Waals surface area (Å²) < 4.78 is 13.1. The summed E-state index contributed by atoms with van der Waals surface area (Å²) in [7, 11) is 0. The molecule has 0 aliphatic heterocycles. The number of hydrogen-bond donors (Lipinski definition) is 0. The second kappa shape index (κ2) is 5.98. The van der Waals surface area contributed by atoms with Crippen molar-refractivity contribution >= 4 is 5.78 Å². The molecule has 0 aromatic heterocycles. The Morgan fingerprint density at radius 3 is 2.80 bits per heavy atom. The van der Waals surface area contributed by atoms with Crippen LogP contribution in [0.2, 0.25) is 0 Å². The summed E-state index contributed by atoms with van der Waals surface area (Å²) in [5.41, 5.74) is 0.0569. The van der Waals surface area contributed by atoms with Crippen molar-refractivity contribution in [2.75, 3.05) is 0 Å². The Morgan fingerprint density at radius 2 is 2.13 bits per heavy atom. The lowest BCUT2D eigenvalue weighted by atomic mass is 10.1. The van der Waals surface area contributed by atoms with Gasteiger partial charge in [0.05, 0.1) is 5.56 Å². The summed E-state index contributed by atoms with van der Waals surface area (Å²) in [5, 5.41) is 0. The highest BCUT2D eigenvalue weighted by Crippen LogP contribution is 2.06. The number of benzene rings is 1. The van der Waals surface area contributed by atoms with Crippen molar-refractivity contribution in [2.24, 2.45) is 0 Å². The third kappa shape index (κ3) is 3.55. The Labute approximate surface area is 89.3 Å². The fraction of sp³-hybridized carbons (Fsp3) is 0.308. The molecule has 0 spiro atoms. The zero-order valence-electron chi connectivity index (χ0n) is 8.72. The number of halogens is 1. The lowest BCUT2D eigenvalue weighted by Gasteiger charge is -1.94. The van der Waals surface area contributed by atoms with Crippen molar-refractivity contribution in [1.82, 2.24) is 0 Å². The largest absolute Gasteiger partial charge is 0.279 e. The number of carbonyl (C=O) groups excluding carboxylic acids is 1. The third-order valence-electron chi connectivity index (χ3n) is 1.98. The highest BCUT2D eigenvalue weighted by Gasteiger charge is 2.06. The minimum absolute atomic E-state index is 0.0569. The van der Waals surface area contributed by atoms with E-state index in [0.717, 1.165) is 12.8 Å². The first-order valence-electron chi connectivity index (χ1n) is 5.03. The number of unbranched alkanes of at least 4 members (excludes halogenated alkanes) is 2. The lowest BCUT2D eigenvalue weighted by molar-refractivity contribution is 0.105. The zero-order chi connectivity index (χ0) is 11.1. The van der Waals surface area contributed by atoms with Crippen molar-refractivity contribution in [2.45, 2.75) is 26.2 Å². The predicted molar refractivity (Wildman–Crippen MR) is 58.0 cm³/mol. The third-order valence-corrected chi connectivity index (χ3v) is 1.98. The molecule has 0 saturated heterocycles. The molecule has 0 N–H and O–H groups in total. The summed E-state index contributed by atoms with van der Waals surface area (Å²) in [6.07, 6.45) is 2.71. The van der Waals surface area contributed by atoms with Gasteiger partial charge in [0.2, 0.25) is 5.78 Å². The van der Waals surface area contributed by atoms with Gasteiger partial charge < -0.3 is 0 Å². The molecule has 1 aromatic rings. The molecule has 2 heteroatoms. The number of rotatable bonds is 3. The SMILES string of the molecule is CCCCC#CC(=O)c1ccccc1F. The Bertz CT molecular complexity index is 398. The number of Topliss-reactive ketones (excluding diaryl/α,β-unsaturated/α-hetero) is 1. The maximum absolute atomic E-state index is 13.1. The van der Waals surface area contributed by atoms with Crippen molar-refractivity contribution in [3.05, 3.63) is 35.6 Å². The monoisotopic (exact) mass is 204 g/mol. The van der Waals surface area contributed by atoms with Crippen molar-refractivity contribution < 1.29 is 9.18 Å². The van der Waals surface area contributed by atoms with Crippen LogP contribution in [0.1, 0.15) is 36.5 Å². The first kappa shape index (κ1) is 11.5. The minimum Gasteiger partial charge on any atom is -0.279 e. The van der Waals surface area contributed by atoms with Crippen LogP contribution in [0, 0.1) is 17.7 Å². The average molecular weight is 204 g/mol. The Balaban J connectivity index is 2.68. The van der Waals surface area contributed by atoms with Crippen molar-refractivity contribution in [3.63, 3.8) is 0 Å². The van der Waals surface area contributed by atoms with Gasteiger partial charge in [-0.3, -0.25) is 4.79 Å². The summed E-state index contributed by atoms with van der Waals surface area (Å²) in [6.45, 7) is 2.06. The van der Waals surface area contributed by atoms with E-state index in [1.165, 1.54) is 12.1 Å². The first-order valence-corrected chi connectivity index (χ1v) is 5.03. The fourth-order valence-corrected chi connectivity index (χ4v) is 1.12. The number of hydrogen-bond acceptors (Lipinski definition) is 1. The van der Waals surface area contributed by atoms with E-state index in [1.54, 1.807) is 12.1 Å². The number of carbonyl (C=O) groups is 1. The molecule has 0 fully saturated rings. The van der Waals surface area contributed by atoms with Gasteiger partial charge >= 0.3 is 0 Å². The topological polar surface area (TPSA) is 17.1 Å². The first-order chi connectivity index (χ1) is 7.25. The summed E-state index contributed by atoms with van der Waals surface area (Å²) in [5.74, 6) is 4.24.